The van der Waals surface area contributed by atoms with Crippen LogP contribution in [0.4, 0.5) is 0 Å². The quantitative estimate of drug-likeness (QED) is 0.794. The van der Waals surface area contributed by atoms with Gasteiger partial charge in [-0.15, -0.1) is 10.2 Å². The maximum atomic E-state index is 12.6. The van der Waals surface area contributed by atoms with Crippen LogP contribution in [0, 0.1) is 0 Å². The van der Waals surface area contributed by atoms with Crippen LogP contribution in [-0.2, 0) is 11.8 Å². The molecule has 0 aromatic carbocycles. The molecule has 0 bridgehead atoms. The molecule has 0 N–H and O–H groups in total. The van der Waals surface area contributed by atoms with Gasteiger partial charge in [0.1, 0.15) is 6.33 Å². The number of carbonyl (C=O) groups excluding carboxylic acids is 1. The first-order valence-electron chi connectivity index (χ1n) is 6.94. The molecule has 6 heteroatoms. The lowest BCUT2D eigenvalue weighted by molar-refractivity contribution is -0.134. The number of hydrogen-bond donors (Lipinski definition) is 0. The molecule has 1 aromatic rings. The second-order valence-electron chi connectivity index (χ2n) is 5.07. The van der Waals surface area contributed by atoms with Crippen molar-refractivity contribution in [1.82, 2.24) is 19.7 Å². The molecule has 2 rings (SSSR count). The van der Waals surface area contributed by atoms with Gasteiger partial charge in [-0.3, -0.25) is 4.79 Å². The predicted molar refractivity (Wildman–Crippen MR) is 76.0 cm³/mol. The zero-order valence-electron chi connectivity index (χ0n) is 11.9. The molecule has 5 nitrogen and oxygen atoms in total. The Hall–Kier alpha value is -1.04. The molecule has 0 saturated carbocycles. The van der Waals surface area contributed by atoms with E-state index in [1.807, 2.05) is 18.5 Å². The van der Waals surface area contributed by atoms with E-state index in [-0.39, 0.29) is 11.2 Å². The Morgan fingerprint density at radius 2 is 2.37 bits per heavy atom. The third-order valence-corrected chi connectivity index (χ3v) is 4.82. The molecule has 2 heterocycles. The first-order chi connectivity index (χ1) is 9.13. The van der Waals surface area contributed by atoms with Crippen molar-refractivity contribution in [3.63, 3.8) is 0 Å². The standard InChI is InChI=1S/C13H22N4OS/c1-4-11-7-5-6-8-17(11)12(18)10(2)19-13-15-14-9-16(13)3/h9-11H,4-8H2,1-3H3. The van der Waals surface area contributed by atoms with E-state index in [1.54, 1.807) is 6.33 Å². The topological polar surface area (TPSA) is 51.0 Å². The minimum atomic E-state index is -0.102. The Morgan fingerprint density at radius 1 is 1.58 bits per heavy atom. The Bertz CT molecular complexity index is 434. The van der Waals surface area contributed by atoms with Crippen molar-refractivity contribution in [3.05, 3.63) is 6.33 Å². The maximum Gasteiger partial charge on any atom is 0.236 e. The molecule has 1 amide bonds. The van der Waals surface area contributed by atoms with Crippen LogP contribution in [0.25, 0.3) is 0 Å². The van der Waals surface area contributed by atoms with Gasteiger partial charge in [-0.25, -0.2) is 0 Å². The van der Waals surface area contributed by atoms with Gasteiger partial charge < -0.3 is 9.47 Å². The molecule has 2 atom stereocenters. The lowest BCUT2D eigenvalue weighted by Crippen LogP contribution is -2.46. The summed E-state index contributed by atoms with van der Waals surface area (Å²) in [5.74, 6) is 0.236. The van der Waals surface area contributed by atoms with Crippen LogP contribution in [0.1, 0.15) is 39.5 Å². The van der Waals surface area contributed by atoms with Crippen LogP contribution in [0.5, 0.6) is 0 Å². The molecular weight excluding hydrogens is 260 g/mol. The SMILES string of the molecule is CCC1CCCCN1C(=O)C(C)Sc1nncn1C. The molecule has 1 aliphatic heterocycles. The van der Waals surface area contributed by atoms with E-state index in [9.17, 15) is 4.79 Å². The summed E-state index contributed by atoms with van der Waals surface area (Å²) in [4.78, 5) is 14.6. The molecule has 0 radical (unpaired) electrons. The Kier molecular flexibility index (Phi) is 4.85. The summed E-state index contributed by atoms with van der Waals surface area (Å²) in [6.07, 6.45) is 6.22. The van der Waals surface area contributed by atoms with Crippen LogP contribution >= 0.6 is 11.8 Å². The predicted octanol–water partition coefficient (Wildman–Crippen LogP) is 2.09. The van der Waals surface area contributed by atoms with Crippen molar-refractivity contribution < 1.29 is 4.79 Å². The highest BCUT2D eigenvalue weighted by Gasteiger charge is 2.29. The van der Waals surface area contributed by atoms with Crippen molar-refractivity contribution in [2.24, 2.45) is 7.05 Å². The van der Waals surface area contributed by atoms with E-state index in [2.05, 4.69) is 22.0 Å². The fourth-order valence-electron chi connectivity index (χ4n) is 2.54. The number of nitrogens with zero attached hydrogens (tertiary/aromatic N) is 4. The molecule has 0 aliphatic carbocycles. The number of piperidine rings is 1. The monoisotopic (exact) mass is 282 g/mol. The number of hydrogen-bond acceptors (Lipinski definition) is 4. The number of rotatable bonds is 4. The van der Waals surface area contributed by atoms with Gasteiger partial charge in [0.2, 0.25) is 5.91 Å². The number of aryl methyl sites for hydroxylation is 1. The van der Waals surface area contributed by atoms with Gasteiger partial charge in [-0.05, 0) is 32.6 Å². The Balaban J connectivity index is 2.00. The second-order valence-corrected chi connectivity index (χ2v) is 6.38. The summed E-state index contributed by atoms with van der Waals surface area (Å²) < 4.78 is 1.85. The summed E-state index contributed by atoms with van der Waals surface area (Å²) in [6, 6.07) is 0.420. The molecule has 19 heavy (non-hydrogen) atoms. The molecular formula is C13H22N4OS. The highest BCUT2D eigenvalue weighted by Crippen LogP contribution is 2.26. The normalized spacial score (nSPS) is 21.4. The van der Waals surface area contributed by atoms with Crippen molar-refractivity contribution in [2.45, 2.75) is 56.0 Å². The van der Waals surface area contributed by atoms with Gasteiger partial charge in [0.05, 0.1) is 5.25 Å². The molecule has 1 saturated heterocycles. The van der Waals surface area contributed by atoms with Crippen molar-refractivity contribution in [2.75, 3.05) is 6.54 Å². The lowest BCUT2D eigenvalue weighted by atomic mass is 10.00. The van der Waals surface area contributed by atoms with Crippen molar-refractivity contribution >= 4 is 17.7 Å². The molecule has 1 aliphatic rings. The third-order valence-electron chi connectivity index (χ3n) is 3.68. The highest BCUT2D eigenvalue weighted by atomic mass is 32.2. The number of aromatic nitrogens is 3. The fourth-order valence-corrected chi connectivity index (χ4v) is 3.40. The van der Waals surface area contributed by atoms with Crippen LogP contribution in [0.15, 0.2) is 11.5 Å². The smallest absolute Gasteiger partial charge is 0.236 e. The van der Waals surface area contributed by atoms with Crippen LogP contribution in [-0.4, -0.2) is 43.4 Å². The zero-order valence-corrected chi connectivity index (χ0v) is 12.7. The molecule has 1 aromatic heterocycles. The number of amides is 1. The van der Waals surface area contributed by atoms with E-state index < -0.39 is 0 Å². The summed E-state index contributed by atoms with van der Waals surface area (Å²) in [7, 11) is 1.90. The summed E-state index contributed by atoms with van der Waals surface area (Å²) in [5, 5.41) is 8.57. The van der Waals surface area contributed by atoms with E-state index in [4.69, 9.17) is 0 Å². The lowest BCUT2D eigenvalue weighted by Gasteiger charge is -2.36. The molecule has 1 fully saturated rings. The molecule has 2 unspecified atom stereocenters. The van der Waals surface area contributed by atoms with Crippen molar-refractivity contribution in [1.29, 1.82) is 0 Å². The second kappa shape index (κ2) is 6.41. The average Bonchev–Trinajstić information content (AvgIpc) is 2.83. The average molecular weight is 282 g/mol. The van der Waals surface area contributed by atoms with Gasteiger partial charge in [-0.2, -0.15) is 0 Å². The Labute approximate surface area is 118 Å². The number of thioether (sulfide) groups is 1. The largest absolute Gasteiger partial charge is 0.339 e. The van der Waals surface area contributed by atoms with Gasteiger partial charge in [0.15, 0.2) is 5.16 Å². The van der Waals surface area contributed by atoms with E-state index in [1.165, 1.54) is 18.2 Å². The molecule has 0 spiro atoms. The molecule has 106 valence electrons. The Morgan fingerprint density at radius 3 is 3.00 bits per heavy atom. The first-order valence-corrected chi connectivity index (χ1v) is 7.82. The summed E-state index contributed by atoms with van der Waals surface area (Å²) >= 11 is 1.49. The van der Waals surface area contributed by atoms with E-state index >= 15 is 0 Å². The number of carbonyl (C=O) groups is 1. The van der Waals surface area contributed by atoms with Crippen LogP contribution < -0.4 is 0 Å². The van der Waals surface area contributed by atoms with Gasteiger partial charge in [-0.1, -0.05) is 18.7 Å². The zero-order chi connectivity index (χ0) is 13.8. The fraction of sp³-hybridized carbons (Fsp3) is 0.769. The minimum Gasteiger partial charge on any atom is -0.339 e. The number of likely N-dealkylation sites (tertiary alicyclic amines) is 1. The third kappa shape index (κ3) is 3.29. The van der Waals surface area contributed by atoms with Gasteiger partial charge in [0, 0.05) is 19.6 Å². The summed E-state index contributed by atoms with van der Waals surface area (Å²) in [5.41, 5.74) is 0. The van der Waals surface area contributed by atoms with E-state index in [0.717, 1.165) is 31.0 Å². The minimum absolute atomic E-state index is 0.102. The maximum absolute atomic E-state index is 12.6. The van der Waals surface area contributed by atoms with Crippen LogP contribution in [0.3, 0.4) is 0 Å². The van der Waals surface area contributed by atoms with Crippen molar-refractivity contribution in [3.8, 4) is 0 Å². The van der Waals surface area contributed by atoms with Gasteiger partial charge >= 0.3 is 0 Å². The van der Waals surface area contributed by atoms with Gasteiger partial charge in [0.25, 0.3) is 0 Å². The highest BCUT2D eigenvalue weighted by molar-refractivity contribution is 8.00. The van der Waals surface area contributed by atoms with Crippen LogP contribution in [0.2, 0.25) is 0 Å². The first kappa shape index (κ1) is 14.4. The van der Waals surface area contributed by atoms with E-state index in [0.29, 0.717) is 6.04 Å². The summed E-state index contributed by atoms with van der Waals surface area (Å²) in [6.45, 7) is 5.03.